The van der Waals surface area contributed by atoms with E-state index in [-0.39, 0.29) is 11.8 Å². The van der Waals surface area contributed by atoms with Gasteiger partial charge in [0.25, 0.3) is 0 Å². The number of rotatable bonds is 3. The number of nitrogens with one attached hydrogen (secondary N) is 1. The van der Waals surface area contributed by atoms with Crippen LogP contribution in [-0.2, 0) is 4.79 Å². The molecule has 3 nitrogen and oxygen atoms in total. The van der Waals surface area contributed by atoms with Gasteiger partial charge < -0.3 is 11.1 Å². The summed E-state index contributed by atoms with van der Waals surface area (Å²) in [5.41, 5.74) is 5.82. The lowest BCUT2D eigenvalue weighted by molar-refractivity contribution is -0.126. The first-order chi connectivity index (χ1) is 7.20. The molecular formula is C12H22N2O. The van der Waals surface area contributed by atoms with E-state index in [4.69, 9.17) is 5.73 Å². The molecule has 3 heteroatoms. The Bertz CT molecular complexity index is 234. The second-order valence-corrected chi connectivity index (χ2v) is 5.13. The Morgan fingerprint density at radius 1 is 1.33 bits per heavy atom. The summed E-state index contributed by atoms with van der Waals surface area (Å²) in [6, 6.07) is 0.816. The predicted molar refractivity (Wildman–Crippen MR) is 60.3 cm³/mol. The minimum Gasteiger partial charge on any atom is -0.353 e. The summed E-state index contributed by atoms with van der Waals surface area (Å²) in [5.74, 6) is 1.27. The average molecular weight is 210 g/mol. The van der Waals surface area contributed by atoms with E-state index in [0.717, 1.165) is 31.6 Å². The van der Waals surface area contributed by atoms with Crippen LogP contribution in [0, 0.1) is 11.8 Å². The third-order valence-corrected chi connectivity index (χ3v) is 3.92. The SMILES string of the molecule is CCC1CC1NC(=O)C1CCC(N)CC1. The molecule has 0 saturated heterocycles. The summed E-state index contributed by atoms with van der Waals surface area (Å²) in [7, 11) is 0. The number of carbonyl (C=O) groups is 1. The number of hydrogen-bond donors (Lipinski definition) is 2. The Kier molecular flexibility index (Phi) is 3.29. The minimum absolute atomic E-state index is 0.239. The van der Waals surface area contributed by atoms with Gasteiger partial charge in [0.05, 0.1) is 0 Å². The molecule has 0 aromatic rings. The molecule has 3 N–H and O–H groups in total. The van der Waals surface area contributed by atoms with E-state index in [1.807, 2.05) is 0 Å². The molecule has 0 heterocycles. The highest BCUT2D eigenvalue weighted by Gasteiger charge is 2.38. The van der Waals surface area contributed by atoms with E-state index in [2.05, 4.69) is 12.2 Å². The molecule has 1 amide bonds. The lowest BCUT2D eigenvalue weighted by atomic mass is 9.86. The number of carbonyl (C=O) groups excluding carboxylic acids is 1. The molecular weight excluding hydrogens is 188 g/mol. The van der Waals surface area contributed by atoms with Crippen LogP contribution in [0.5, 0.6) is 0 Å². The van der Waals surface area contributed by atoms with Crippen molar-refractivity contribution < 1.29 is 4.79 Å². The Hall–Kier alpha value is -0.570. The topological polar surface area (TPSA) is 55.1 Å². The van der Waals surface area contributed by atoms with Crippen molar-refractivity contribution in [2.75, 3.05) is 0 Å². The molecule has 2 saturated carbocycles. The zero-order valence-electron chi connectivity index (χ0n) is 9.54. The summed E-state index contributed by atoms with van der Waals surface area (Å²) in [6.07, 6.45) is 6.38. The minimum atomic E-state index is 0.239. The van der Waals surface area contributed by atoms with Gasteiger partial charge >= 0.3 is 0 Å². The van der Waals surface area contributed by atoms with Gasteiger partial charge in [-0.05, 0) is 38.0 Å². The van der Waals surface area contributed by atoms with Crippen molar-refractivity contribution in [1.82, 2.24) is 5.32 Å². The molecule has 2 unspecified atom stereocenters. The second-order valence-electron chi connectivity index (χ2n) is 5.13. The van der Waals surface area contributed by atoms with Crippen LogP contribution in [0.25, 0.3) is 0 Å². The fraction of sp³-hybridized carbons (Fsp3) is 0.917. The zero-order valence-corrected chi connectivity index (χ0v) is 9.54. The average Bonchev–Trinajstić information content (AvgIpc) is 2.97. The maximum Gasteiger partial charge on any atom is 0.223 e. The predicted octanol–water partition coefficient (Wildman–Crippen LogP) is 1.42. The van der Waals surface area contributed by atoms with Crippen molar-refractivity contribution in [3.05, 3.63) is 0 Å². The van der Waals surface area contributed by atoms with Crippen LogP contribution in [0.2, 0.25) is 0 Å². The number of nitrogens with two attached hydrogens (primary N) is 1. The van der Waals surface area contributed by atoms with Gasteiger partial charge in [0.2, 0.25) is 5.91 Å². The van der Waals surface area contributed by atoms with Crippen molar-refractivity contribution in [3.8, 4) is 0 Å². The standard InChI is InChI=1S/C12H22N2O/c1-2-8-7-11(8)14-12(15)9-3-5-10(13)6-4-9/h8-11H,2-7,13H2,1H3,(H,14,15). The maximum atomic E-state index is 11.9. The Balaban J connectivity index is 1.72. The highest BCUT2D eigenvalue weighted by atomic mass is 16.2. The van der Waals surface area contributed by atoms with E-state index < -0.39 is 0 Å². The third-order valence-electron chi connectivity index (χ3n) is 3.92. The van der Waals surface area contributed by atoms with Crippen LogP contribution in [0.1, 0.15) is 45.4 Å². The lowest BCUT2D eigenvalue weighted by Gasteiger charge is -2.25. The largest absolute Gasteiger partial charge is 0.353 e. The first-order valence-corrected chi connectivity index (χ1v) is 6.26. The van der Waals surface area contributed by atoms with Crippen LogP contribution in [0.4, 0.5) is 0 Å². The van der Waals surface area contributed by atoms with Gasteiger partial charge in [0.1, 0.15) is 0 Å². The molecule has 2 aliphatic rings. The Morgan fingerprint density at radius 2 is 2.00 bits per heavy atom. The van der Waals surface area contributed by atoms with Crippen molar-refractivity contribution in [2.24, 2.45) is 17.6 Å². The zero-order chi connectivity index (χ0) is 10.8. The molecule has 2 rings (SSSR count). The molecule has 0 bridgehead atoms. The van der Waals surface area contributed by atoms with Gasteiger partial charge in [0, 0.05) is 18.0 Å². The van der Waals surface area contributed by atoms with Gasteiger partial charge in [-0.3, -0.25) is 4.79 Å². The molecule has 15 heavy (non-hydrogen) atoms. The highest BCUT2D eigenvalue weighted by molar-refractivity contribution is 5.79. The lowest BCUT2D eigenvalue weighted by Crippen LogP contribution is -2.37. The van der Waals surface area contributed by atoms with Crippen molar-refractivity contribution in [1.29, 1.82) is 0 Å². The molecule has 0 radical (unpaired) electrons. The van der Waals surface area contributed by atoms with Gasteiger partial charge in [-0.1, -0.05) is 13.3 Å². The Labute approximate surface area is 91.8 Å². The van der Waals surface area contributed by atoms with Crippen LogP contribution >= 0.6 is 0 Å². The van der Waals surface area contributed by atoms with Crippen molar-refractivity contribution in [2.45, 2.75) is 57.5 Å². The molecule has 2 aliphatic carbocycles. The maximum absolute atomic E-state index is 11.9. The second kappa shape index (κ2) is 4.52. The molecule has 0 aromatic heterocycles. The molecule has 2 atom stereocenters. The van der Waals surface area contributed by atoms with E-state index in [1.165, 1.54) is 12.8 Å². The molecule has 0 aromatic carbocycles. The number of hydrogen-bond acceptors (Lipinski definition) is 2. The van der Waals surface area contributed by atoms with Crippen molar-refractivity contribution in [3.63, 3.8) is 0 Å². The fourth-order valence-corrected chi connectivity index (χ4v) is 2.56. The first kappa shape index (κ1) is 10.9. The van der Waals surface area contributed by atoms with Crippen LogP contribution in [-0.4, -0.2) is 18.0 Å². The summed E-state index contributed by atoms with van der Waals surface area (Å²) in [5, 5.41) is 3.16. The smallest absolute Gasteiger partial charge is 0.223 e. The fourth-order valence-electron chi connectivity index (χ4n) is 2.56. The van der Waals surface area contributed by atoms with Crippen LogP contribution < -0.4 is 11.1 Å². The Morgan fingerprint density at radius 3 is 2.53 bits per heavy atom. The van der Waals surface area contributed by atoms with Crippen LogP contribution in [0.3, 0.4) is 0 Å². The van der Waals surface area contributed by atoms with Gasteiger partial charge in [-0.2, -0.15) is 0 Å². The summed E-state index contributed by atoms with van der Waals surface area (Å²) in [4.78, 5) is 11.9. The van der Waals surface area contributed by atoms with E-state index >= 15 is 0 Å². The first-order valence-electron chi connectivity index (χ1n) is 6.26. The van der Waals surface area contributed by atoms with E-state index in [0.29, 0.717) is 12.1 Å². The van der Waals surface area contributed by atoms with Crippen LogP contribution in [0.15, 0.2) is 0 Å². The normalized spacial score (nSPS) is 39.9. The van der Waals surface area contributed by atoms with Gasteiger partial charge in [-0.25, -0.2) is 0 Å². The molecule has 86 valence electrons. The molecule has 0 aliphatic heterocycles. The van der Waals surface area contributed by atoms with E-state index in [1.54, 1.807) is 0 Å². The van der Waals surface area contributed by atoms with Gasteiger partial charge in [0.15, 0.2) is 0 Å². The number of amides is 1. The summed E-state index contributed by atoms with van der Waals surface area (Å²) in [6.45, 7) is 2.19. The quantitative estimate of drug-likeness (QED) is 0.740. The molecule has 2 fully saturated rings. The third kappa shape index (κ3) is 2.71. The monoisotopic (exact) mass is 210 g/mol. The highest BCUT2D eigenvalue weighted by Crippen LogP contribution is 2.34. The van der Waals surface area contributed by atoms with Gasteiger partial charge in [-0.15, -0.1) is 0 Å². The summed E-state index contributed by atoms with van der Waals surface area (Å²) >= 11 is 0. The van der Waals surface area contributed by atoms with E-state index in [9.17, 15) is 4.79 Å². The summed E-state index contributed by atoms with van der Waals surface area (Å²) < 4.78 is 0. The van der Waals surface area contributed by atoms with Crippen molar-refractivity contribution >= 4 is 5.91 Å². The molecule has 0 spiro atoms.